The van der Waals surface area contributed by atoms with Gasteiger partial charge in [-0.1, -0.05) is 0 Å². The summed E-state index contributed by atoms with van der Waals surface area (Å²) in [4.78, 5) is 26.1. The Morgan fingerprint density at radius 2 is 2.12 bits per heavy atom. The maximum atomic E-state index is 12.5. The van der Waals surface area contributed by atoms with Crippen LogP contribution in [0.5, 0.6) is 0 Å². The molecule has 3 N–H and O–H groups in total. The van der Waals surface area contributed by atoms with E-state index in [1.807, 2.05) is 0 Å². The molecular formula is C14H17N3O6S. The lowest BCUT2D eigenvalue weighted by Gasteiger charge is -2.28. The highest BCUT2D eigenvalue weighted by atomic mass is 32.2. The molecule has 0 spiro atoms. The summed E-state index contributed by atoms with van der Waals surface area (Å²) in [5, 5.41) is 9.91. The fourth-order valence-corrected chi connectivity index (χ4v) is 3.91. The minimum Gasteiger partial charge on any atom is -0.389 e. The molecule has 0 unspecified atom stereocenters. The van der Waals surface area contributed by atoms with Gasteiger partial charge in [0.1, 0.15) is 0 Å². The van der Waals surface area contributed by atoms with Crippen molar-refractivity contribution in [2.75, 3.05) is 13.2 Å². The molecule has 1 aliphatic heterocycles. The zero-order chi connectivity index (χ0) is 17.5. The summed E-state index contributed by atoms with van der Waals surface area (Å²) < 4.78 is 33.4. The number of hydrogen-bond donors (Lipinski definition) is 3. The van der Waals surface area contributed by atoms with Crippen LogP contribution in [0, 0.1) is 0 Å². The molecular weight excluding hydrogens is 338 g/mol. The number of aliphatic hydroxyl groups excluding tert-OH is 1. The summed E-state index contributed by atoms with van der Waals surface area (Å²) in [6.07, 6.45) is -0.582. The fourth-order valence-electron chi connectivity index (χ4n) is 2.58. The normalized spacial score (nSPS) is 21.9. The van der Waals surface area contributed by atoms with E-state index in [-0.39, 0.29) is 22.4 Å². The van der Waals surface area contributed by atoms with Gasteiger partial charge < -0.3 is 14.8 Å². The summed E-state index contributed by atoms with van der Waals surface area (Å²) in [5.74, 6) is 0. The third-order valence-electron chi connectivity index (χ3n) is 4.02. The number of rotatable bonds is 3. The van der Waals surface area contributed by atoms with Gasteiger partial charge in [-0.15, -0.1) is 0 Å². The van der Waals surface area contributed by atoms with Crippen molar-refractivity contribution in [1.29, 1.82) is 0 Å². The first-order valence-corrected chi connectivity index (χ1v) is 8.79. The van der Waals surface area contributed by atoms with Crippen LogP contribution in [0.15, 0.2) is 32.7 Å². The van der Waals surface area contributed by atoms with E-state index in [1.54, 1.807) is 0 Å². The molecule has 10 heteroatoms. The van der Waals surface area contributed by atoms with Gasteiger partial charge in [0.15, 0.2) is 0 Å². The van der Waals surface area contributed by atoms with Crippen LogP contribution >= 0.6 is 0 Å². The second-order valence-electron chi connectivity index (χ2n) is 5.66. The van der Waals surface area contributed by atoms with Gasteiger partial charge in [-0.2, -0.15) is 0 Å². The van der Waals surface area contributed by atoms with Crippen molar-refractivity contribution in [2.24, 2.45) is 7.05 Å². The number of aliphatic hydroxyl groups is 1. The van der Waals surface area contributed by atoms with Crippen LogP contribution in [-0.2, 0) is 21.8 Å². The summed E-state index contributed by atoms with van der Waals surface area (Å²) in [5.41, 5.74) is -0.906. The van der Waals surface area contributed by atoms with Crippen LogP contribution in [0.25, 0.3) is 10.9 Å². The standard InChI is InChI=1S/C14H17N3O6S/c1-17-13(19)9-6-8(2-3-10(9)15-14(17)20)24(21,22)16-11-4-5-23-7-12(11)18/h2-3,6,11-12,16,18H,4-5,7H2,1H3,(H,15,20)/t11-,12-/m1/s1. The maximum absolute atomic E-state index is 12.5. The number of fused-ring (bicyclic) bond motifs is 1. The number of benzene rings is 1. The number of nitrogens with zero attached hydrogens (tertiary/aromatic N) is 1. The van der Waals surface area contributed by atoms with Gasteiger partial charge in [0, 0.05) is 13.7 Å². The molecule has 1 aliphatic rings. The highest BCUT2D eigenvalue weighted by Gasteiger charge is 2.29. The second kappa shape index (κ2) is 6.13. The number of nitrogens with one attached hydrogen (secondary N) is 2. The van der Waals surface area contributed by atoms with Crippen LogP contribution in [0.4, 0.5) is 0 Å². The van der Waals surface area contributed by atoms with Gasteiger partial charge >= 0.3 is 5.69 Å². The maximum Gasteiger partial charge on any atom is 0.328 e. The van der Waals surface area contributed by atoms with Gasteiger partial charge in [0.25, 0.3) is 5.56 Å². The Morgan fingerprint density at radius 1 is 1.38 bits per heavy atom. The third-order valence-corrected chi connectivity index (χ3v) is 5.50. The number of H-pyrrole nitrogens is 1. The second-order valence-corrected chi connectivity index (χ2v) is 7.37. The topological polar surface area (TPSA) is 130 Å². The lowest BCUT2D eigenvalue weighted by Crippen LogP contribution is -2.48. The molecule has 0 bridgehead atoms. The largest absolute Gasteiger partial charge is 0.389 e. The van der Waals surface area contributed by atoms with Crippen molar-refractivity contribution in [3.05, 3.63) is 39.0 Å². The molecule has 0 radical (unpaired) electrons. The Morgan fingerprint density at radius 3 is 2.83 bits per heavy atom. The zero-order valence-corrected chi connectivity index (χ0v) is 13.7. The highest BCUT2D eigenvalue weighted by Crippen LogP contribution is 2.17. The van der Waals surface area contributed by atoms with E-state index < -0.39 is 33.4 Å². The lowest BCUT2D eigenvalue weighted by atomic mass is 10.1. The van der Waals surface area contributed by atoms with Crippen LogP contribution in [0.3, 0.4) is 0 Å². The third kappa shape index (κ3) is 3.00. The van der Waals surface area contributed by atoms with Crippen molar-refractivity contribution in [3.8, 4) is 0 Å². The molecule has 1 aromatic heterocycles. The molecule has 0 amide bonds. The van der Waals surface area contributed by atoms with E-state index in [4.69, 9.17) is 4.74 Å². The van der Waals surface area contributed by atoms with Crippen LogP contribution in [-0.4, -0.2) is 48.4 Å². The Labute approximate surface area is 136 Å². The van der Waals surface area contributed by atoms with Crippen LogP contribution in [0.2, 0.25) is 0 Å². The molecule has 9 nitrogen and oxygen atoms in total. The van der Waals surface area contributed by atoms with E-state index in [2.05, 4.69) is 9.71 Å². The Hall–Kier alpha value is -2.01. The summed E-state index contributed by atoms with van der Waals surface area (Å²) in [6, 6.07) is 3.22. The Kier molecular flexibility index (Phi) is 4.30. The summed E-state index contributed by atoms with van der Waals surface area (Å²) >= 11 is 0. The van der Waals surface area contributed by atoms with Crippen molar-refractivity contribution < 1.29 is 18.3 Å². The van der Waals surface area contributed by atoms with Crippen molar-refractivity contribution in [1.82, 2.24) is 14.3 Å². The molecule has 0 aliphatic carbocycles. The van der Waals surface area contributed by atoms with E-state index >= 15 is 0 Å². The molecule has 1 aromatic carbocycles. The predicted octanol–water partition coefficient (Wildman–Crippen LogP) is -1.35. The van der Waals surface area contributed by atoms with E-state index in [0.717, 1.165) is 4.57 Å². The van der Waals surface area contributed by atoms with E-state index in [9.17, 15) is 23.1 Å². The molecule has 2 aromatic rings. The number of aromatic amines is 1. The van der Waals surface area contributed by atoms with E-state index in [1.165, 1.54) is 25.2 Å². The Bertz CT molecular complexity index is 994. The first-order chi connectivity index (χ1) is 11.3. The number of sulfonamides is 1. The van der Waals surface area contributed by atoms with E-state index in [0.29, 0.717) is 13.0 Å². The number of hydrogen-bond acceptors (Lipinski definition) is 6. The SMILES string of the molecule is Cn1c(=O)[nH]c2ccc(S(=O)(=O)N[C@@H]3CCOC[C@H]3O)cc2c1=O. The minimum absolute atomic E-state index is 0.0622. The average molecular weight is 355 g/mol. The van der Waals surface area contributed by atoms with Gasteiger partial charge in [0.05, 0.1) is 34.6 Å². The lowest BCUT2D eigenvalue weighted by molar-refractivity contribution is -0.0222. The fraction of sp³-hybridized carbons (Fsp3) is 0.429. The average Bonchev–Trinajstić information content (AvgIpc) is 2.54. The predicted molar refractivity (Wildman–Crippen MR) is 85.4 cm³/mol. The van der Waals surface area contributed by atoms with Crippen molar-refractivity contribution >= 4 is 20.9 Å². The Balaban J connectivity index is 2.02. The first-order valence-electron chi connectivity index (χ1n) is 7.31. The molecule has 2 atom stereocenters. The van der Waals surface area contributed by atoms with Crippen LogP contribution < -0.4 is 16.0 Å². The molecule has 130 valence electrons. The van der Waals surface area contributed by atoms with Crippen molar-refractivity contribution in [3.63, 3.8) is 0 Å². The summed E-state index contributed by atoms with van der Waals surface area (Å²) in [6.45, 7) is 0.413. The quantitative estimate of drug-likeness (QED) is 0.624. The van der Waals surface area contributed by atoms with Gasteiger partial charge in [-0.05, 0) is 24.6 Å². The number of aromatic nitrogens is 2. The van der Waals surface area contributed by atoms with Crippen molar-refractivity contribution in [2.45, 2.75) is 23.5 Å². The monoisotopic (exact) mass is 355 g/mol. The van der Waals surface area contributed by atoms with Crippen LogP contribution in [0.1, 0.15) is 6.42 Å². The number of ether oxygens (including phenoxy) is 1. The van der Waals surface area contributed by atoms with Gasteiger partial charge in [-0.25, -0.2) is 17.9 Å². The molecule has 3 rings (SSSR count). The smallest absolute Gasteiger partial charge is 0.328 e. The molecule has 1 saturated heterocycles. The first kappa shape index (κ1) is 16.8. The zero-order valence-electron chi connectivity index (χ0n) is 12.9. The molecule has 24 heavy (non-hydrogen) atoms. The molecule has 0 saturated carbocycles. The summed E-state index contributed by atoms with van der Waals surface area (Å²) in [7, 11) is -2.63. The highest BCUT2D eigenvalue weighted by molar-refractivity contribution is 7.89. The molecule has 2 heterocycles. The van der Waals surface area contributed by atoms with Gasteiger partial charge in [-0.3, -0.25) is 9.36 Å². The van der Waals surface area contributed by atoms with Gasteiger partial charge in [0.2, 0.25) is 10.0 Å². The minimum atomic E-state index is -3.93. The molecule has 1 fully saturated rings.